The number of amides is 1. The number of hydrogen-bond donors (Lipinski definition) is 0. The van der Waals surface area contributed by atoms with Crippen molar-refractivity contribution < 1.29 is 14.7 Å². The molecule has 2 rings (SSSR count). The lowest BCUT2D eigenvalue weighted by molar-refractivity contribution is -0.310. The summed E-state index contributed by atoms with van der Waals surface area (Å²) in [5, 5.41) is 10.8. The first-order valence-electron chi connectivity index (χ1n) is 5.12. The Morgan fingerprint density at radius 2 is 2.31 bits per heavy atom. The predicted octanol–water partition coefficient (Wildman–Crippen LogP) is -0.564. The van der Waals surface area contributed by atoms with Gasteiger partial charge in [0.15, 0.2) is 0 Å². The van der Waals surface area contributed by atoms with E-state index in [1.807, 2.05) is 0 Å². The molecule has 5 heteroatoms. The second-order valence-corrected chi connectivity index (χ2v) is 3.72. The first-order valence-corrected chi connectivity index (χ1v) is 5.12. The van der Waals surface area contributed by atoms with Crippen LogP contribution in [0.15, 0.2) is 24.5 Å². The highest BCUT2D eigenvalue weighted by Crippen LogP contribution is 2.19. The van der Waals surface area contributed by atoms with E-state index in [0.29, 0.717) is 24.9 Å². The first kappa shape index (κ1) is 10.6. The van der Waals surface area contributed by atoms with Crippen LogP contribution in [0.1, 0.15) is 23.2 Å². The summed E-state index contributed by atoms with van der Waals surface area (Å²) in [6.07, 6.45) is 4.17. The zero-order valence-corrected chi connectivity index (χ0v) is 8.63. The molecular formula is C11H11N2O3-. The summed E-state index contributed by atoms with van der Waals surface area (Å²) in [5.74, 6) is -1.48. The summed E-state index contributed by atoms with van der Waals surface area (Å²) < 4.78 is 0. The molecule has 1 aliphatic rings. The Morgan fingerprint density at radius 1 is 1.50 bits per heavy atom. The lowest BCUT2D eigenvalue weighted by atomic mass is 10.2. The van der Waals surface area contributed by atoms with Crippen molar-refractivity contribution in [3.05, 3.63) is 30.1 Å². The standard InChI is InChI=1S/C11H12N2O3/c14-10(8-3-1-5-12-7-8)13-6-2-4-9(13)11(15)16/h1,3,5,7,9H,2,4,6H2,(H,15,16)/p-1. The molecule has 0 bridgehead atoms. The maximum atomic E-state index is 12.0. The largest absolute Gasteiger partial charge is 0.548 e. The van der Waals surface area contributed by atoms with Crippen LogP contribution < -0.4 is 5.11 Å². The minimum Gasteiger partial charge on any atom is -0.548 e. The monoisotopic (exact) mass is 219 g/mol. The number of aromatic nitrogens is 1. The topological polar surface area (TPSA) is 73.3 Å². The van der Waals surface area contributed by atoms with Gasteiger partial charge >= 0.3 is 0 Å². The van der Waals surface area contributed by atoms with Crippen LogP contribution >= 0.6 is 0 Å². The molecular weight excluding hydrogens is 208 g/mol. The van der Waals surface area contributed by atoms with Gasteiger partial charge in [0.2, 0.25) is 0 Å². The van der Waals surface area contributed by atoms with Crippen molar-refractivity contribution in [2.45, 2.75) is 18.9 Å². The molecule has 1 aliphatic heterocycles. The Morgan fingerprint density at radius 3 is 2.94 bits per heavy atom. The van der Waals surface area contributed by atoms with Crippen molar-refractivity contribution in [2.24, 2.45) is 0 Å². The highest BCUT2D eigenvalue weighted by atomic mass is 16.4. The quantitative estimate of drug-likeness (QED) is 0.668. The maximum Gasteiger partial charge on any atom is 0.255 e. The molecule has 0 saturated carbocycles. The van der Waals surface area contributed by atoms with Crippen LogP contribution in [0.3, 0.4) is 0 Å². The summed E-state index contributed by atoms with van der Waals surface area (Å²) in [7, 11) is 0. The molecule has 0 radical (unpaired) electrons. The molecule has 1 aromatic rings. The summed E-state index contributed by atoms with van der Waals surface area (Å²) in [4.78, 5) is 28.0. The van der Waals surface area contributed by atoms with Gasteiger partial charge < -0.3 is 14.8 Å². The fraction of sp³-hybridized carbons (Fsp3) is 0.364. The van der Waals surface area contributed by atoms with Gasteiger partial charge in [-0.25, -0.2) is 0 Å². The van der Waals surface area contributed by atoms with Gasteiger partial charge in [-0.1, -0.05) is 0 Å². The maximum absolute atomic E-state index is 12.0. The van der Waals surface area contributed by atoms with E-state index in [1.165, 1.54) is 11.1 Å². The number of carbonyl (C=O) groups is 2. The summed E-state index contributed by atoms with van der Waals surface area (Å²) >= 11 is 0. The Bertz CT molecular complexity index is 405. The third-order valence-corrected chi connectivity index (χ3v) is 2.69. The molecule has 0 aliphatic carbocycles. The number of rotatable bonds is 2. The number of aliphatic carboxylic acids is 1. The first-order chi connectivity index (χ1) is 7.70. The van der Waals surface area contributed by atoms with Gasteiger partial charge in [0.1, 0.15) is 0 Å². The van der Waals surface area contributed by atoms with Crippen LogP contribution in [0, 0.1) is 0 Å². The van der Waals surface area contributed by atoms with E-state index in [-0.39, 0.29) is 5.91 Å². The number of nitrogens with zero attached hydrogens (tertiary/aromatic N) is 2. The highest BCUT2D eigenvalue weighted by Gasteiger charge is 2.30. The molecule has 2 heterocycles. The number of likely N-dealkylation sites (tertiary alicyclic amines) is 1. The summed E-state index contributed by atoms with van der Waals surface area (Å²) in [6.45, 7) is 0.465. The molecule has 16 heavy (non-hydrogen) atoms. The number of carboxylic acids is 1. The van der Waals surface area contributed by atoms with E-state index >= 15 is 0 Å². The minimum absolute atomic E-state index is 0.292. The molecule has 5 nitrogen and oxygen atoms in total. The van der Waals surface area contributed by atoms with Crippen LogP contribution in [0.4, 0.5) is 0 Å². The van der Waals surface area contributed by atoms with Gasteiger partial charge in [-0.15, -0.1) is 0 Å². The number of hydrogen-bond acceptors (Lipinski definition) is 4. The van der Waals surface area contributed by atoms with Gasteiger partial charge in [0.25, 0.3) is 5.91 Å². The fourth-order valence-corrected chi connectivity index (χ4v) is 1.91. The van der Waals surface area contributed by atoms with Gasteiger partial charge in [0, 0.05) is 18.9 Å². The average molecular weight is 219 g/mol. The molecule has 1 saturated heterocycles. The predicted molar refractivity (Wildman–Crippen MR) is 53.3 cm³/mol. The Hall–Kier alpha value is -1.91. The van der Waals surface area contributed by atoms with Crippen molar-refractivity contribution in [3.63, 3.8) is 0 Å². The van der Waals surface area contributed by atoms with Crippen LogP contribution in [-0.2, 0) is 4.79 Å². The van der Waals surface area contributed by atoms with E-state index < -0.39 is 12.0 Å². The van der Waals surface area contributed by atoms with Crippen molar-refractivity contribution in [2.75, 3.05) is 6.54 Å². The van der Waals surface area contributed by atoms with Crippen molar-refractivity contribution in [3.8, 4) is 0 Å². The van der Waals surface area contributed by atoms with E-state index in [2.05, 4.69) is 4.98 Å². The lowest BCUT2D eigenvalue weighted by Crippen LogP contribution is -2.47. The molecule has 1 unspecified atom stereocenters. The van der Waals surface area contributed by atoms with Gasteiger partial charge in [0.05, 0.1) is 17.6 Å². The Balaban J connectivity index is 2.19. The molecule has 84 valence electrons. The highest BCUT2D eigenvalue weighted by molar-refractivity contribution is 5.96. The molecule has 1 amide bonds. The smallest absolute Gasteiger partial charge is 0.255 e. The normalized spacial score (nSPS) is 19.8. The van der Waals surface area contributed by atoms with E-state index in [0.717, 1.165) is 0 Å². The van der Waals surface area contributed by atoms with Crippen LogP contribution in [0.2, 0.25) is 0 Å². The summed E-state index contributed by atoms with van der Waals surface area (Å²) in [6, 6.07) is 2.48. The van der Waals surface area contributed by atoms with E-state index in [4.69, 9.17) is 0 Å². The van der Waals surface area contributed by atoms with Crippen molar-refractivity contribution in [1.29, 1.82) is 0 Å². The number of carbonyl (C=O) groups excluding carboxylic acids is 2. The Kier molecular flexibility index (Phi) is 2.85. The van der Waals surface area contributed by atoms with Crippen molar-refractivity contribution in [1.82, 2.24) is 9.88 Å². The molecule has 1 aromatic heterocycles. The zero-order chi connectivity index (χ0) is 11.5. The second-order valence-electron chi connectivity index (χ2n) is 3.72. The number of carboxylic acid groups (broad SMARTS) is 1. The number of pyridine rings is 1. The van der Waals surface area contributed by atoms with E-state index in [9.17, 15) is 14.7 Å². The van der Waals surface area contributed by atoms with Gasteiger partial charge in [-0.2, -0.15) is 0 Å². The molecule has 0 N–H and O–H groups in total. The lowest BCUT2D eigenvalue weighted by Gasteiger charge is -2.25. The third-order valence-electron chi connectivity index (χ3n) is 2.69. The van der Waals surface area contributed by atoms with Crippen LogP contribution in [0.25, 0.3) is 0 Å². The van der Waals surface area contributed by atoms with Crippen LogP contribution in [-0.4, -0.2) is 34.3 Å². The van der Waals surface area contributed by atoms with Crippen molar-refractivity contribution >= 4 is 11.9 Å². The minimum atomic E-state index is -1.19. The van der Waals surface area contributed by atoms with Crippen LogP contribution in [0.5, 0.6) is 0 Å². The molecule has 1 atom stereocenters. The van der Waals surface area contributed by atoms with Gasteiger partial charge in [-0.3, -0.25) is 9.78 Å². The second kappa shape index (κ2) is 4.30. The Labute approximate surface area is 92.7 Å². The average Bonchev–Trinajstić information content (AvgIpc) is 2.78. The van der Waals surface area contributed by atoms with E-state index in [1.54, 1.807) is 18.3 Å². The molecule has 0 spiro atoms. The third kappa shape index (κ3) is 1.88. The summed E-state index contributed by atoms with van der Waals surface area (Å²) in [5.41, 5.74) is 0.413. The SMILES string of the molecule is O=C([O-])C1CCCN1C(=O)c1cccnc1. The zero-order valence-electron chi connectivity index (χ0n) is 8.63. The fourth-order valence-electron chi connectivity index (χ4n) is 1.91. The molecule has 0 aromatic carbocycles. The molecule has 1 fully saturated rings. The van der Waals surface area contributed by atoms with Gasteiger partial charge in [-0.05, 0) is 25.0 Å².